The van der Waals surface area contributed by atoms with E-state index in [1.165, 1.54) is 6.20 Å². The van der Waals surface area contributed by atoms with Gasteiger partial charge in [-0.3, -0.25) is 4.68 Å². The summed E-state index contributed by atoms with van der Waals surface area (Å²) in [6.07, 6.45) is 2.95. The molecule has 2 rings (SSSR count). The lowest BCUT2D eigenvalue weighted by molar-refractivity contribution is 0.0697. The first-order chi connectivity index (χ1) is 9.47. The zero-order valence-corrected chi connectivity index (χ0v) is 11.7. The van der Waals surface area contributed by atoms with E-state index in [0.29, 0.717) is 23.3 Å². The van der Waals surface area contributed by atoms with Crippen LogP contribution in [0.3, 0.4) is 0 Å². The van der Waals surface area contributed by atoms with Gasteiger partial charge >= 0.3 is 5.97 Å². The number of aliphatic hydroxyl groups excluding tert-OH is 1. The highest BCUT2D eigenvalue weighted by molar-refractivity contribution is 6.03. The highest BCUT2D eigenvalue weighted by atomic mass is 16.4. The Balaban J connectivity index is 2.74. The van der Waals surface area contributed by atoms with Crippen molar-refractivity contribution < 1.29 is 15.0 Å². The fourth-order valence-corrected chi connectivity index (χ4v) is 2.29. The van der Waals surface area contributed by atoms with Gasteiger partial charge in [-0.2, -0.15) is 5.10 Å². The highest BCUT2D eigenvalue weighted by Gasteiger charge is 2.23. The number of nitrogens with zero attached hydrogens (tertiary/aromatic N) is 4. The van der Waals surface area contributed by atoms with Crippen molar-refractivity contribution in [1.29, 1.82) is 0 Å². The number of fused-ring (bicyclic) bond motifs is 1. The molecule has 2 heterocycles. The van der Waals surface area contributed by atoms with Gasteiger partial charge in [0, 0.05) is 25.8 Å². The summed E-state index contributed by atoms with van der Waals surface area (Å²) in [5.74, 6) is -1.04. The number of pyridine rings is 1. The van der Waals surface area contributed by atoms with Crippen molar-refractivity contribution in [3.8, 4) is 0 Å². The Morgan fingerprint density at radius 2 is 2.15 bits per heavy atom. The number of carbonyl (C=O) groups is 1. The molecule has 0 saturated carbocycles. The molecule has 20 heavy (non-hydrogen) atoms. The maximum Gasteiger partial charge on any atom is 0.339 e. The molecule has 2 aromatic rings. The van der Waals surface area contributed by atoms with E-state index in [0.717, 1.165) is 0 Å². The molecular weight excluding hydrogens is 260 g/mol. The smallest absolute Gasteiger partial charge is 0.339 e. The lowest BCUT2D eigenvalue weighted by atomic mass is 10.1. The van der Waals surface area contributed by atoms with Crippen LogP contribution in [0.5, 0.6) is 0 Å². The van der Waals surface area contributed by atoms with Gasteiger partial charge in [0.05, 0.1) is 23.9 Å². The van der Waals surface area contributed by atoms with Gasteiger partial charge in [-0.15, -0.1) is 0 Å². The predicted octanol–water partition coefficient (Wildman–Crippen LogP) is 0.874. The third-order valence-corrected chi connectivity index (χ3v) is 3.22. The van der Waals surface area contributed by atoms with Gasteiger partial charge < -0.3 is 15.1 Å². The van der Waals surface area contributed by atoms with Crippen molar-refractivity contribution in [1.82, 2.24) is 14.8 Å². The summed E-state index contributed by atoms with van der Waals surface area (Å²) in [7, 11) is 1.76. The third-order valence-electron chi connectivity index (χ3n) is 3.22. The first-order valence-electron chi connectivity index (χ1n) is 6.38. The third kappa shape index (κ3) is 2.32. The number of hydrogen-bond donors (Lipinski definition) is 2. The summed E-state index contributed by atoms with van der Waals surface area (Å²) in [5.41, 5.74) is 1.29. The number of aryl methyl sites for hydroxylation is 1. The molecule has 2 aromatic heterocycles. The first kappa shape index (κ1) is 14.3. The van der Waals surface area contributed by atoms with Gasteiger partial charge in [-0.1, -0.05) is 0 Å². The first-order valence-corrected chi connectivity index (χ1v) is 6.38. The van der Waals surface area contributed by atoms with E-state index in [2.05, 4.69) is 10.1 Å². The fraction of sp³-hybridized carbons (Fsp3) is 0.462. The Morgan fingerprint density at radius 3 is 2.70 bits per heavy atom. The summed E-state index contributed by atoms with van der Waals surface area (Å²) < 4.78 is 1.60. The number of anilines is 1. The highest BCUT2D eigenvalue weighted by Crippen LogP contribution is 2.30. The molecule has 0 aliphatic rings. The van der Waals surface area contributed by atoms with E-state index < -0.39 is 5.97 Å². The minimum absolute atomic E-state index is 0.0473. The van der Waals surface area contributed by atoms with Gasteiger partial charge in [0.2, 0.25) is 0 Å². The van der Waals surface area contributed by atoms with E-state index in [4.69, 9.17) is 0 Å². The lowest BCUT2D eigenvalue weighted by Gasteiger charge is -2.29. The largest absolute Gasteiger partial charge is 0.478 e. The predicted molar refractivity (Wildman–Crippen MR) is 75.0 cm³/mol. The van der Waals surface area contributed by atoms with Crippen LogP contribution in [0.25, 0.3) is 11.0 Å². The van der Waals surface area contributed by atoms with Crippen molar-refractivity contribution >= 4 is 22.7 Å². The number of carboxylic acid groups (broad SMARTS) is 1. The van der Waals surface area contributed by atoms with Crippen LogP contribution in [-0.4, -0.2) is 50.1 Å². The molecule has 0 aliphatic carbocycles. The Kier molecular flexibility index (Phi) is 3.89. The zero-order valence-electron chi connectivity index (χ0n) is 11.7. The molecule has 0 unspecified atom stereocenters. The van der Waals surface area contributed by atoms with Crippen LogP contribution < -0.4 is 4.90 Å². The Hall–Kier alpha value is -2.15. The van der Waals surface area contributed by atoms with E-state index in [1.807, 2.05) is 18.7 Å². The molecule has 2 N–H and O–H groups in total. The van der Waals surface area contributed by atoms with E-state index in [-0.39, 0.29) is 18.2 Å². The van der Waals surface area contributed by atoms with Crippen LogP contribution in [0, 0.1) is 0 Å². The maximum absolute atomic E-state index is 11.4. The molecule has 0 fully saturated rings. The summed E-state index contributed by atoms with van der Waals surface area (Å²) in [6, 6.07) is 0.0473. The Bertz CT molecular complexity index is 636. The van der Waals surface area contributed by atoms with E-state index >= 15 is 0 Å². The number of carboxylic acids is 1. The van der Waals surface area contributed by atoms with Crippen LogP contribution in [-0.2, 0) is 7.05 Å². The molecule has 0 radical (unpaired) electrons. The van der Waals surface area contributed by atoms with E-state index in [9.17, 15) is 15.0 Å². The number of aromatic carboxylic acids is 1. The molecule has 0 bridgehead atoms. The van der Waals surface area contributed by atoms with Crippen molar-refractivity contribution in [2.45, 2.75) is 19.9 Å². The second-order valence-corrected chi connectivity index (χ2v) is 4.84. The fourth-order valence-electron chi connectivity index (χ4n) is 2.29. The summed E-state index contributed by atoms with van der Waals surface area (Å²) in [6.45, 7) is 4.20. The summed E-state index contributed by atoms with van der Waals surface area (Å²) in [5, 5.41) is 23.4. The van der Waals surface area contributed by atoms with Crippen LogP contribution in [0.15, 0.2) is 12.4 Å². The molecule has 0 aliphatic heterocycles. The second-order valence-electron chi connectivity index (χ2n) is 4.84. The normalized spacial score (nSPS) is 11.2. The topological polar surface area (TPSA) is 91.5 Å². The molecule has 0 saturated heterocycles. The summed E-state index contributed by atoms with van der Waals surface area (Å²) >= 11 is 0. The number of aliphatic hydroxyl groups is 1. The van der Waals surface area contributed by atoms with Gasteiger partial charge in [-0.25, -0.2) is 9.78 Å². The monoisotopic (exact) mass is 278 g/mol. The number of aromatic nitrogens is 3. The average molecular weight is 278 g/mol. The lowest BCUT2D eigenvalue weighted by Crippen LogP contribution is -2.34. The van der Waals surface area contributed by atoms with E-state index in [1.54, 1.807) is 17.9 Å². The summed E-state index contributed by atoms with van der Waals surface area (Å²) in [4.78, 5) is 17.5. The zero-order chi connectivity index (χ0) is 14.9. The number of hydrogen-bond acceptors (Lipinski definition) is 5. The quantitative estimate of drug-likeness (QED) is 0.843. The van der Waals surface area contributed by atoms with Crippen LogP contribution in [0.2, 0.25) is 0 Å². The number of rotatable bonds is 5. The molecule has 0 amide bonds. The minimum Gasteiger partial charge on any atom is -0.478 e. The van der Waals surface area contributed by atoms with Gasteiger partial charge in [0.1, 0.15) is 5.56 Å². The van der Waals surface area contributed by atoms with Gasteiger partial charge in [0.15, 0.2) is 5.65 Å². The van der Waals surface area contributed by atoms with Gasteiger partial charge in [-0.05, 0) is 13.8 Å². The van der Waals surface area contributed by atoms with Crippen molar-refractivity contribution in [3.63, 3.8) is 0 Å². The molecule has 0 aromatic carbocycles. The SMILES string of the molecule is CC(C)N(CCO)c1c(C(=O)O)cnc2c1cnn2C. The van der Waals surface area contributed by atoms with Gasteiger partial charge in [0.25, 0.3) is 0 Å². The van der Waals surface area contributed by atoms with Crippen molar-refractivity contribution in [2.24, 2.45) is 7.05 Å². The van der Waals surface area contributed by atoms with Crippen LogP contribution >= 0.6 is 0 Å². The molecule has 7 heteroatoms. The standard InChI is InChI=1S/C13H18N4O3/c1-8(2)17(4-5-18)11-9-7-15-16(3)12(9)14-6-10(11)13(19)20/h6-8,18H,4-5H2,1-3H3,(H,19,20). The average Bonchev–Trinajstić information content (AvgIpc) is 2.76. The molecule has 108 valence electrons. The molecule has 0 atom stereocenters. The molecule has 0 spiro atoms. The van der Waals surface area contributed by atoms with Crippen LogP contribution in [0.4, 0.5) is 5.69 Å². The molecular formula is C13H18N4O3. The Morgan fingerprint density at radius 1 is 1.45 bits per heavy atom. The van der Waals surface area contributed by atoms with Crippen LogP contribution in [0.1, 0.15) is 24.2 Å². The van der Waals surface area contributed by atoms with Crippen molar-refractivity contribution in [3.05, 3.63) is 18.0 Å². The minimum atomic E-state index is -1.04. The Labute approximate surface area is 116 Å². The molecule has 7 nitrogen and oxygen atoms in total. The second kappa shape index (κ2) is 5.46. The van der Waals surface area contributed by atoms with Crippen molar-refractivity contribution in [2.75, 3.05) is 18.1 Å². The maximum atomic E-state index is 11.4.